The third kappa shape index (κ3) is 2.85. The van der Waals surface area contributed by atoms with Crippen molar-refractivity contribution in [1.82, 2.24) is 4.98 Å². The van der Waals surface area contributed by atoms with Gasteiger partial charge < -0.3 is 10.0 Å². The molecule has 0 atom stereocenters. The molecule has 1 aromatic heterocycles. The first-order valence-corrected chi connectivity index (χ1v) is 6.28. The molecule has 1 heterocycles. The Hall–Kier alpha value is -2.63. The molecule has 0 unspecified atom stereocenters. The van der Waals surface area contributed by atoms with Gasteiger partial charge in [-0.05, 0) is 30.7 Å². The monoisotopic (exact) mass is 273 g/mol. The highest BCUT2D eigenvalue weighted by molar-refractivity contribution is 5.71. The number of hydrogen-bond donors (Lipinski definition) is 1. The van der Waals surface area contributed by atoms with Gasteiger partial charge in [-0.1, -0.05) is 6.92 Å². The average Bonchev–Trinajstić information content (AvgIpc) is 2.46. The van der Waals surface area contributed by atoms with E-state index in [1.165, 1.54) is 18.5 Å². The van der Waals surface area contributed by atoms with Crippen LogP contribution in [-0.2, 0) is 0 Å². The minimum atomic E-state index is -0.417. The van der Waals surface area contributed by atoms with Crippen molar-refractivity contribution in [3.8, 4) is 5.75 Å². The molecular formula is C14H15N3O3. The molecule has 1 aromatic carbocycles. The van der Waals surface area contributed by atoms with Crippen molar-refractivity contribution < 1.29 is 10.0 Å². The van der Waals surface area contributed by atoms with Crippen molar-refractivity contribution in [2.75, 3.05) is 11.4 Å². The number of benzene rings is 1. The minimum Gasteiger partial charge on any atom is -0.508 e. The lowest BCUT2D eigenvalue weighted by Crippen LogP contribution is -2.19. The Kier molecular flexibility index (Phi) is 4.14. The van der Waals surface area contributed by atoms with Crippen LogP contribution in [0.15, 0.2) is 42.7 Å². The number of anilines is 2. The number of phenolic OH excluding ortho intramolecular Hbond substituents is 1. The zero-order valence-corrected chi connectivity index (χ0v) is 11.1. The maximum Gasteiger partial charge on any atom is 0.296 e. The van der Waals surface area contributed by atoms with Gasteiger partial charge in [0.1, 0.15) is 11.4 Å². The lowest BCUT2D eigenvalue weighted by atomic mass is 10.2. The standard InChI is InChI=1S/C14H15N3O3/c1-2-9-16(11-3-5-12(18)6-4-11)14-10-15-8-7-13(14)17(19)20/h3-8,10,18H,2,9H2,1H3. The molecule has 0 amide bonds. The molecule has 6 heteroatoms. The van der Waals surface area contributed by atoms with E-state index in [1.54, 1.807) is 24.3 Å². The van der Waals surface area contributed by atoms with Gasteiger partial charge in [-0.15, -0.1) is 0 Å². The molecule has 104 valence electrons. The van der Waals surface area contributed by atoms with E-state index >= 15 is 0 Å². The summed E-state index contributed by atoms with van der Waals surface area (Å²) in [5.74, 6) is 0.158. The summed E-state index contributed by atoms with van der Waals surface area (Å²) in [6, 6.07) is 7.95. The summed E-state index contributed by atoms with van der Waals surface area (Å²) in [7, 11) is 0. The minimum absolute atomic E-state index is 0.0153. The highest BCUT2D eigenvalue weighted by atomic mass is 16.6. The Morgan fingerprint density at radius 3 is 2.60 bits per heavy atom. The smallest absolute Gasteiger partial charge is 0.296 e. The third-order valence-electron chi connectivity index (χ3n) is 2.87. The molecule has 0 bridgehead atoms. The number of rotatable bonds is 5. The van der Waals surface area contributed by atoms with Gasteiger partial charge in [0.15, 0.2) is 0 Å². The van der Waals surface area contributed by atoms with E-state index in [0.717, 1.165) is 12.1 Å². The van der Waals surface area contributed by atoms with Crippen LogP contribution >= 0.6 is 0 Å². The molecule has 0 saturated heterocycles. The van der Waals surface area contributed by atoms with Gasteiger partial charge in [0.25, 0.3) is 5.69 Å². The SMILES string of the molecule is CCCN(c1ccc(O)cc1)c1cnccc1[N+](=O)[O-]. The van der Waals surface area contributed by atoms with Crippen LogP contribution in [0.5, 0.6) is 5.75 Å². The second-order valence-electron chi connectivity index (χ2n) is 4.29. The largest absolute Gasteiger partial charge is 0.508 e. The fraction of sp³-hybridized carbons (Fsp3) is 0.214. The van der Waals surface area contributed by atoms with Crippen molar-refractivity contribution in [3.63, 3.8) is 0 Å². The number of phenols is 1. The van der Waals surface area contributed by atoms with Gasteiger partial charge in [0.05, 0.1) is 11.1 Å². The van der Waals surface area contributed by atoms with Gasteiger partial charge in [0.2, 0.25) is 0 Å². The van der Waals surface area contributed by atoms with E-state index in [9.17, 15) is 15.2 Å². The zero-order valence-electron chi connectivity index (χ0n) is 11.1. The summed E-state index contributed by atoms with van der Waals surface area (Å²) < 4.78 is 0. The predicted octanol–water partition coefficient (Wildman–Crippen LogP) is 3.24. The molecule has 2 aromatic rings. The van der Waals surface area contributed by atoms with Crippen LogP contribution in [0.25, 0.3) is 0 Å². The molecule has 2 rings (SSSR count). The maximum atomic E-state index is 11.1. The lowest BCUT2D eigenvalue weighted by Gasteiger charge is -2.23. The van der Waals surface area contributed by atoms with Crippen LogP contribution in [0.1, 0.15) is 13.3 Å². The molecule has 0 aliphatic rings. The third-order valence-corrected chi connectivity index (χ3v) is 2.87. The average molecular weight is 273 g/mol. The first-order chi connectivity index (χ1) is 9.63. The first-order valence-electron chi connectivity index (χ1n) is 6.28. The van der Waals surface area contributed by atoms with Gasteiger partial charge in [-0.3, -0.25) is 15.1 Å². The van der Waals surface area contributed by atoms with Crippen molar-refractivity contribution >= 4 is 17.1 Å². The van der Waals surface area contributed by atoms with E-state index in [0.29, 0.717) is 12.2 Å². The Balaban J connectivity index is 2.48. The predicted molar refractivity (Wildman–Crippen MR) is 76.3 cm³/mol. The molecule has 0 fully saturated rings. The van der Waals surface area contributed by atoms with Crippen LogP contribution in [0, 0.1) is 10.1 Å². The van der Waals surface area contributed by atoms with Crippen molar-refractivity contribution in [1.29, 1.82) is 0 Å². The van der Waals surface area contributed by atoms with Crippen LogP contribution < -0.4 is 4.90 Å². The molecule has 20 heavy (non-hydrogen) atoms. The molecule has 0 saturated carbocycles. The van der Waals surface area contributed by atoms with Gasteiger partial charge in [-0.25, -0.2) is 0 Å². The highest BCUT2D eigenvalue weighted by Gasteiger charge is 2.20. The van der Waals surface area contributed by atoms with Crippen molar-refractivity contribution in [2.45, 2.75) is 13.3 Å². The number of nitrogens with zero attached hydrogens (tertiary/aromatic N) is 3. The quantitative estimate of drug-likeness (QED) is 0.668. The maximum absolute atomic E-state index is 11.1. The van der Waals surface area contributed by atoms with Crippen LogP contribution in [-0.4, -0.2) is 21.6 Å². The molecule has 6 nitrogen and oxygen atoms in total. The molecule has 0 aliphatic carbocycles. The van der Waals surface area contributed by atoms with E-state index in [-0.39, 0.29) is 11.4 Å². The molecule has 0 aliphatic heterocycles. The summed E-state index contributed by atoms with van der Waals surface area (Å²) in [4.78, 5) is 16.5. The van der Waals surface area contributed by atoms with E-state index < -0.39 is 4.92 Å². The number of nitro groups is 1. The van der Waals surface area contributed by atoms with Gasteiger partial charge in [0, 0.05) is 24.5 Å². The fourth-order valence-corrected chi connectivity index (χ4v) is 1.99. The molecule has 0 spiro atoms. The second kappa shape index (κ2) is 6.01. The highest BCUT2D eigenvalue weighted by Crippen LogP contribution is 2.33. The zero-order chi connectivity index (χ0) is 14.5. The van der Waals surface area contributed by atoms with E-state index in [1.807, 2.05) is 11.8 Å². The number of hydrogen-bond acceptors (Lipinski definition) is 5. The van der Waals surface area contributed by atoms with Gasteiger partial charge in [-0.2, -0.15) is 0 Å². The van der Waals surface area contributed by atoms with Crippen LogP contribution in [0.4, 0.5) is 17.1 Å². The number of pyridine rings is 1. The van der Waals surface area contributed by atoms with Crippen LogP contribution in [0.2, 0.25) is 0 Å². The molecule has 0 radical (unpaired) electrons. The van der Waals surface area contributed by atoms with Crippen molar-refractivity contribution in [3.05, 3.63) is 52.8 Å². The Morgan fingerprint density at radius 1 is 1.30 bits per heavy atom. The number of aromatic hydroxyl groups is 1. The van der Waals surface area contributed by atoms with Crippen LogP contribution in [0.3, 0.4) is 0 Å². The second-order valence-corrected chi connectivity index (χ2v) is 4.29. The first kappa shape index (κ1) is 13.8. The summed E-state index contributed by atoms with van der Waals surface area (Å²) in [5, 5.41) is 20.5. The van der Waals surface area contributed by atoms with Gasteiger partial charge >= 0.3 is 0 Å². The molecular weight excluding hydrogens is 258 g/mol. The Bertz CT molecular complexity index is 599. The van der Waals surface area contributed by atoms with Crippen molar-refractivity contribution in [2.24, 2.45) is 0 Å². The summed E-state index contributed by atoms with van der Waals surface area (Å²) >= 11 is 0. The summed E-state index contributed by atoms with van der Waals surface area (Å²) in [5.41, 5.74) is 1.24. The lowest BCUT2D eigenvalue weighted by molar-refractivity contribution is -0.384. The topological polar surface area (TPSA) is 79.5 Å². The molecule has 1 N–H and O–H groups in total. The summed E-state index contributed by atoms with van der Waals surface area (Å²) in [6.45, 7) is 2.62. The summed E-state index contributed by atoms with van der Waals surface area (Å²) in [6.07, 6.45) is 3.72. The Morgan fingerprint density at radius 2 is 2.00 bits per heavy atom. The van der Waals surface area contributed by atoms with E-state index in [2.05, 4.69) is 4.98 Å². The normalized spacial score (nSPS) is 10.2. The van der Waals surface area contributed by atoms with E-state index in [4.69, 9.17) is 0 Å². The Labute approximate surface area is 116 Å². The fourth-order valence-electron chi connectivity index (χ4n) is 1.99. The number of aromatic nitrogens is 1.